The third kappa shape index (κ3) is 2.42. The summed E-state index contributed by atoms with van der Waals surface area (Å²) < 4.78 is 0. The van der Waals surface area contributed by atoms with Crippen LogP contribution >= 0.6 is 0 Å². The van der Waals surface area contributed by atoms with Crippen molar-refractivity contribution in [1.82, 2.24) is 10.2 Å². The molecule has 124 valence electrons. The molecule has 0 radical (unpaired) electrons. The van der Waals surface area contributed by atoms with Crippen molar-refractivity contribution in [1.29, 1.82) is 0 Å². The van der Waals surface area contributed by atoms with Crippen LogP contribution in [0.1, 0.15) is 37.2 Å². The molecule has 2 heterocycles. The van der Waals surface area contributed by atoms with Gasteiger partial charge in [0.1, 0.15) is 0 Å². The molecule has 2 saturated heterocycles. The smallest absolute Gasteiger partial charge is 0.226 e. The van der Waals surface area contributed by atoms with E-state index in [4.69, 9.17) is 0 Å². The van der Waals surface area contributed by atoms with Gasteiger partial charge >= 0.3 is 0 Å². The van der Waals surface area contributed by atoms with Crippen molar-refractivity contribution >= 4 is 16.7 Å². The van der Waals surface area contributed by atoms with E-state index in [1.165, 1.54) is 29.2 Å². The highest BCUT2D eigenvalue weighted by molar-refractivity contribution is 5.89. The van der Waals surface area contributed by atoms with Crippen molar-refractivity contribution in [3.8, 4) is 0 Å². The molecule has 1 aliphatic carbocycles. The van der Waals surface area contributed by atoms with Crippen molar-refractivity contribution in [2.45, 2.75) is 43.7 Å². The van der Waals surface area contributed by atoms with E-state index in [1.807, 2.05) is 0 Å². The first-order chi connectivity index (χ1) is 11.8. The lowest BCUT2D eigenvalue weighted by molar-refractivity contribution is -0.132. The number of rotatable bonds is 2. The summed E-state index contributed by atoms with van der Waals surface area (Å²) in [5, 5.41) is 6.27. The SMILES string of the molecule is O=C(C1CC1c1cccc2ccccc12)N1CCC2CCC(C1)N2. The second-order valence-electron chi connectivity index (χ2n) is 7.73. The maximum atomic E-state index is 13.0. The minimum atomic E-state index is 0.201. The number of fused-ring (bicyclic) bond motifs is 3. The number of hydrogen-bond donors (Lipinski definition) is 1. The zero-order chi connectivity index (χ0) is 16.1. The van der Waals surface area contributed by atoms with E-state index in [0.29, 0.717) is 23.9 Å². The summed E-state index contributed by atoms with van der Waals surface area (Å²) in [5.74, 6) is 1.01. The highest BCUT2D eigenvalue weighted by Gasteiger charge is 2.47. The summed E-state index contributed by atoms with van der Waals surface area (Å²) in [4.78, 5) is 15.2. The minimum Gasteiger partial charge on any atom is -0.341 e. The standard InChI is InChI=1S/C21H24N2O/c24-21(23-11-10-15-8-9-16(13-23)22-15)20-12-19(20)18-7-3-5-14-4-1-2-6-17(14)18/h1-7,15-16,19-20,22H,8-13H2. The number of likely N-dealkylation sites (tertiary alicyclic amines) is 1. The fourth-order valence-electron chi connectivity index (χ4n) is 4.76. The van der Waals surface area contributed by atoms with Gasteiger partial charge in [0.2, 0.25) is 5.91 Å². The monoisotopic (exact) mass is 320 g/mol. The highest BCUT2D eigenvalue weighted by atomic mass is 16.2. The van der Waals surface area contributed by atoms with Gasteiger partial charge in [0.25, 0.3) is 0 Å². The third-order valence-corrected chi connectivity index (χ3v) is 6.17. The Hall–Kier alpha value is -1.87. The van der Waals surface area contributed by atoms with Crippen LogP contribution in [0.3, 0.4) is 0 Å². The molecular weight excluding hydrogens is 296 g/mol. The molecule has 0 aromatic heterocycles. The van der Waals surface area contributed by atoms with Gasteiger partial charge in [-0.2, -0.15) is 0 Å². The number of hydrogen-bond acceptors (Lipinski definition) is 2. The van der Waals surface area contributed by atoms with Gasteiger partial charge in [-0.05, 0) is 47.9 Å². The van der Waals surface area contributed by atoms with Gasteiger partial charge in [-0.25, -0.2) is 0 Å². The molecule has 1 amide bonds. The molecule has 4 atom stereocenters. The summed E-state index contributed by atoms with van der Waals surface area (Å²) >= 11 is 0. The van der Waals surface area contributed by atoms with Crippen LogP contribution in [0.15, 0.2) is 42.5 Å². The Kier molecular flexibility index (Phi) is 3.37. The molecule has 2 aromatic carbocycles. The average molecular weight is 320 g/mol. The number of carbonyl (C=O) groups excluding carboxylic acids is 1. The molecule has 2 bridgehead atoms. The largest absolute Gasteiger partial charge is 0.341 e. The van der Waals surface area contributed by atoms with Gasteiger partial charge in [0.05, 0.1) is 0 Å². The Labute approximate surface area is 143 Å². The molecule has 0 spiro atoms. The maximum absolute atomic E-state index is 13.0. The van der Waals surface area contributed by atoms with Crippen LogP contribution in [0.25, 0.3) is 10.8 Å². The van der Waals surface area contributed by atoms with Gasteiger partial charge in [0.15, 0.2) is 0 Å². The molecule has 3 nitrogen and oxygen atoms in total. The van der Waals surface area contributed by atoms with E-state index in [9.17, 15) is 4.79 Å². The van der Waals surface area contributed by atoms with Crippen molar-refractivity contribution in [3.05, 3.63) is 48.0 Å². The normalized spacial score (nSPS) is 31.9. The fourth-order valence-corrected chi connectivity index (χ4v) is 4.76. The molecule has 3 aliphatic rings. The molecular formula is C21H24N2O. The number of benzene rings is 2. The van der Waals surface area contributed by atoms with Crippen molar-refractivity contribution in [3.63, 3.8) is 0 Å². The van der Waals surface area contributed by atoms with Gasteiger partial charge < -0.3 is 10.2 Å². The number of nitrogens with zero attached hydrogens (tertiary/aromatic N) is 1. The maximum Gasteiger partial charge on any atom is 0.226 e. The average Bonchev–Trinajstić information content (AvgIpc) is 3.32. The van der Waals surface area contributed by atoms with Crippen LogP contribution in [0.2, 0.25) is 0 Å². The second kappa shape index (κ2) is 5.59. The fraction of sp³-hybridized carbons (Fsp3) is 0.476. The molecule has 5 rings (SSSR count). The molecule has 1 N–H and O–H groups in total. The molecule has 4 unspecified atom stereocenters. The summed E-state index contributed by atoms with van der Waals surface area (Å²) in [6, 6.07) is 16.2. The Morgan fingerprint density at radius 2 is 1.83 bits per heavy atom. The first-order valence-corrected chi connectivity index (χ1v) is 9.32. The second-order valence-corrected chi connectivity index (χ2v) is 7.73. The van der Waals surface area contributed by atoms with Crippen molar-refractivity contribution < 1.29 is 4.79 Å². The molecule has 2 aliphatic heterocycles. The Bertz CT molecular complexity index is 781. The predicted octanol–water partition coefficient (Wildman–Crippen LogP) is 3.30. The van der Waals surface area contributed by atoms with Crippen LogP contribution in [0.5, 0.6) is 0 Å². The molecule has 24 heavy (non-hydrogen) atoms. The van der Waals surface area contributed by atoms with E-state index in [1.54, 1.807) is 0 Å². The zero-order valence-electron chi connectivity index (χ0n) is 13.9. The summed E-state index contributed by atoms with van der Waals surface area (Å²) in [6.45, 7) is 1.85. The minimum absolute atomic E-state index is 0.201. The molecule has 2 aromatic rings. The zero-order valence-corrected chi connectivity index (χ0v) is 13.9. The highest BCUT2D eigenvalue weighted by Crippen LogP contribution is 2.50. The lowest BCUT2D eigenvalue weighted by atomic mass is 10.00. The first-order valence-electron chi connectivity index (χ1n) is 9.32. The van der Waals surface area contributed by atoms with E-state index in [0.717, 1.165) is 25.9 Å². The van der Waals surface area contributed by atoms with Crippen molar-refractivity contribution in [2.75, 3.05) is 13.1 Å². The topological polar surface area (TPSA) is 32.3 Å². The lowest BCUT2D eigenvalue weighted by Crippen LogP contribution is -2.40. The van der Waals surface area contributed by atoms with Gasteiger partial charge in [-0.3, -0.25) is 4.79 Å². The van der Waals surface area contributed by atoms with Crippen LogP contribution in [0.4, 0.5) is 0 Å². The Morgan fingerprint density at radius 3 is 2.79 bits per heavy atom. The molecule has 3 fully saturated rings. The first kappa shape index (κ1) is 14.5. The molecule has 1 saturated carbocycles. The quantitative estimate of drug-likeness (QED) is 0.921. The van der Waals surface area contributed by atoms with Gasteiger partial charge in [0, 0.05) is 31.1 Å². The van der Waals surface area contributed by atoms with Crippen LogP contribution in [-0.4, -0.2) is 36.0 Å². The van der Waals surface area contributed by atoms with Gasteiger partial charge in [-0.1, -0.05) is 42.5 Å². The van der Waals surface area contributed by atoms with Crippen LogP contribution < -0.4 is 5.32 Å². The van der Waals surface area contributed by atoms with Crippen LogP contribution in [-0.2, 0) is 4.79 Å². The summed E-state index contributed by atoms with van der Waals surface area (Å²) in [6.07, 6.45) is 4.65. The Balaban J connectivity index is 1.35. The Morgan fingerprint density at radius 1 is 1.00 bits per heavy atom. The van der Waals surface area contributed by atoms with E-state index >= 15 is 0 Å². The van der Waals surface area contributed by atoms with E-state index in [-0.39, 0.29) is 5.92 Å². The number of nitrogens with one attached hydrogen (secondary N) is 1. The lowest BCUT2D eigenvalue weighted by Gasteiger charge is -2.24. The van der Waals surface area contributed by atoms with Gasteiger partial charge in [-0.15, -0.1) is 0 Å². The number of amides is 1. The number of carbonyl (C=O) groups is 1. The van der Waals surface area contributed by atoms with E-state index < -0.39 is 0 Å². The predicted molar refractivity (Wildman–Crippen MR) is 95.9 cm³/mol. The summed E-state index contributed by atoms with van der Waals surface area (Å²) in [7, 11) is 0. The molecule has 3 heteroatoms. The van der Waals surface area contributed by atoms with Crippen LogP contribution in [0, 0.1) is 5.92 Å². The van der Waals surface area contributed by atoms with E-state index in [2.05, 4.69) is 52.7 Å². The third-order valence-electron chi connectivity index (χ3n) is 6.17. The van der Waals surface area contributed by atoms with Crippen molar-refractivity contribution in [2.24, 2.45) is 5.92 Å². The summed E-state index contributed by atoms with van der Waals surface area (Å²) in [5.41, 5.74) is 1.36.